The van der Waals surface area contributed by atoms with E-state index in [1.165, 1.54) is 0 Å². The van der Waals surface area contributed by atoms with Gasteiger partial charge in [0.15, 0.2) is 0 Å². The predicted octanol–water partition coefficient (Wildman–Crippen LogP) is 0.362. The highest BCUT2D eigenvalue weighted by Gasteiger charge is 2.20. The highest BCUT2D eigenvalue weighted by Crippen LogP contribution is 2.10. The molecule has 1 aliphatic rings. The lowest BCUT2D eigenvalue weighted by Gasteiger charge is -2.20. The Bertz CT molecular complexity index is 584. The molecule has 0 aromatic carbocycles. The van der Waals surface area contributed by atoms with Gasteiger partial charge in [-0.1, -0.05) is 6.08 Å². The number of aliphatic hydroxyl groups excluding tert-OH is 1. The number of hydrogen-bond acceptors (Lipinski definition) is 4. The molecule has 96 valence electrons. The van der Waals surface area contributed by atoms with Gasteiger partial charge in [0.25, 0.3) is 0 Å². The summed E-state index contributed by atoms with van der Waals surface area (Å²) in [4.78, 5) is 16.3. The highest BCUT2D eigenvalue weighted by atomic mass is 16.6. The smallest absolute Gasteiger partial charge is 0.339 e. The number of ether oxygens (including phenoxy) is 1. The fourth-order valence-electron chi connectivity index (χ4n) is 1.83. The van der Waals surface area contributed by atoms with Crippen molar-refractivity contribution in [2.24, 2.45) is 0 Å². The first-order valence-corrected chi connectivity index (χ1v) is 5.95. The molecule has 0 spiro atoms. The predicted molar refractivity (Wildman–Crippen MR) is 68.2 cm³/mol. The summed E-state index contributed by atoms with van der Waals surface area (Å²) in [6.07, 6.45) is 5.02. The maximum absolute atomic E-state index is 12.1. The first-order chi connectivity index (χ1) is 8.37. The van der Waals surface area contributed by atoms with Gasteiger partial charge >= 0.3 is 5.97 Å². The van der Waals surface area contributed by atoms with Gasteiger partial charge in [-0.2, -0.15) is 0 Å². The van der Waals surface area contributed by atoms with E-state index in [1.807, 2.05) is 26.8 Å². The van der Waals surface area contributed by atoms with Gasteiger partial charge in [0.2, 0.25) is 0 Å². The number of hydrogen-bond donors (Lipinski definition) is 1. The Kier molecular flexibility index (Phi) is 3.22. The average Bonchev–Trinajstić information content (AvgIpc) is 2.25. The largest absolute Gasteiger partial charge is 0.456 e. The molecule has 1 unspecified atom stereocenters. The Balaban J connectivity index is 2.48. The molecular formula is C14H17NO3. The van der Waals surface area contributed by atoms with Crippen molar-refractivity contribution in [3.05, 3.63) is 28.4 Å². The van der Waals surface area contributed by atoms with Gasteiger partial charge in [0.1, 0.15) is 5.60 Å². The molecule has 0 fully saturated rings. The number of aliphatic hydroxyl groups is 1. The van der Waals surface area contributed by atoms with Crippen LogP contribution in [-0.4, -0.2) is 27.8 Å². The van der Waals surface area contributed by atoms with Gasteiger partial charge < -0.3 is 9.84 Å². The number of aromatic nitrogens is 1. The molecule has 4 nitrogen and oxygen atoms in total. The van der Waals surface area contributed by atoms with Crippen LogP contribution in [0.3, 0.4) is 0 Å². The molecule has 0 saturated carbocycles. The Morgan fingerprint density at radius 2 is 2.22 bits per heavy atom. The second kappa shape index (κ2) is 4.53. The summed E-state index contributed by atoms with van der Waals surface area (Å²) in [5.74, 6) is -0.389. The molecule has 1 atom stereocenters. The number of fused-ring (bicyclic) bond motifs is 1. The highest BCUT2D eigenvalue weighted by molar-refractivity contribution is 5.90. The lowest BCUT2D eigenvalue weighted by Crippen LogP contribution is -2.39. The molecule has 0 bridgehead atoms. The van der Waals surface area contributed by atoms with E-state index in [0.717, 1.165) is 5.35 Å². The molecular weight excluding hydrogens is 230 g/mol. The minimum absolute atomic E-state index is 0.389. The fraction of sp³-hybridized carbons (Fsp3) is 0.429. The van der Waals surface area contributed by atoms with Crippen LogP contribution in [0.1, 0.15) is 37.6 Å². The van der Waals surface area contributed by atoms with Crippen LogP contribution in [-0.2, 0) is 4.74 Å². The summed E-state index contributed by atoms with van der Waals surface area (Å²) in [5.41, 5.74) is -0.0885. The molecule has 0 saturated heterocycles. The summed E-state index contributed by atoms with van der Waals surface area (Å²) >= 11 is 0. The molecule has 0 amide bonds. The van der Waals surface area contributed by atoms with E-state index in [2.05, 4.69) is 4.98 Å². The Morgan fingerprint density at radius 3 is 2.89 bits per heavy atom. The standard InChI is InChI=1S/C14H17NO3/c1-14(2,3)18-13(17)10-6-7-15-12-5-4-9(16)8-11(10)12/h5-9,16H,4H2,1-3H3. The summed E-state index contributed by atoms with van der Waals surface area (Å²) in [6, 6.07) is 1.62. The van der Waals surface area contributed by atoms with Crippen molar-refractivity contribution >= 4 is 18.1 Å². The van der Waals surface area contributed by atoms with Crippen molar-refractivity contribution in [2.75, 3.05) is 0 Å². The number of nitrogens with zero attached hydrogens (tertiary/aromatic N) is 1. The van der Waals surface area contributed by atoms with E-state index < -0.39 is 11.7 Å². The van der Waals surface area contributed by atoms with E-state index in [9.17, 15) is 9.90 Å². The fourth-order valence-corrected chi connectivity index (χ4v) is 1.83. The number of rotatable bonds is 1. The van der Waals surface area contributed by atoms with Crippen molar-refractivity contribution in [3.8, 4) is 0 Å². The van der Waals surface area contributed by atoms with E-state index in [0.29, 0.717) is 17.2 Å². The molecule has 0 radical (unpaired) electrons. The first kappa shape index (κ1) is 12.8. The Morgan fingerprint density at radius 1 is 1.50 bits per heavy atom. The van der Waals surface area contributed by atoms with Gasteiger partial charge in [-0.25, -0.2) is 4.79 Å². The number of carbonyl (C=O) groups excluding carboxylic acids is 1. The number of carbonyl (C=O) groups is 1. The lowest BCUT2D eigenvalue weighted by atomic mass is 10.1. The van der Waals surface area contributed by atoms with E-state index in [-0.39, 0.29) is 5.97 Å². The van der Waals surface area contributed by atoms with E-state index in [4.69, 9.17) is 4.74 Å². The van der Waals surface area contributed by atoms with Gasteiger partial charge in [-0.3, -0.25) is 4.98 Å². The Hall–Kier alpha value is -1.68. The summed E-state index contributed by atoms with van der Waals surface area (Å²) < 4.78 is 5.34. The maximum Gasteiger partial charge on any atom is 0.339 e. The van der Waals surface area contributed by atoms with Crippen molar-refractivity contribution in [3.63, 3.8) is 0 Å². The molecule has 1 aromatic heterocycles. The SMILES string of the molecule is CC(C)(C)OC(=O)c1ccnc2c1=CC(O)CC=2. The van der Waals surface area contributed by atoms with Crippen LogP contribution in [0.15, 0.2) is 12.3 Å². The third-order valence-corrected chi connectivity index (χ3v) is 2.55. The van der Waals surface area contributed by atoms with Gasteiger partial charge in [0, 0.05) is 11.4 Å². The lowest BCUT2D eigenvalue weighted by molar-refractivity contribution is 0.00679. The quantitative estimate of drug-likeness (QED) is 0.728. The molecule has 4 heteroatoms. The maximum atomic E-state index is 12.1. The minimum Gasteiger partial charge on any atom is -0.456 e. The topological polar surface area (TPSA) is 59.4 Å². The second-order valence-corrected chi connectivity index (χ2v) is 5.33. The zero-order chi connectivity index (χ0) is 13.3. The van der Waals surface area contributed by atoms with Crippen molar-refractivity contribution in [1.29, 1.82) is 0 Å². The second-order valence-electron chi connectivity index (χ2n) is 5.33. The van der Waals surface area contributed by atoms with Crippen molar-refractivity contribution in [1.82, 2.24) is 4.98 Å². The summed E-state index contributed by atoms with van der Waals surface area (Å²) in [6.45, 7) is 5.47. The minimum atomic E-state index is -0.567. The van der Waals surface area contributed by atoms with Crippen LogP contribution < -0.4 is 10.6 Å². The number of esters is 1. The molecule has 2 rings (SSSR count). The van der Waals surface area contributed by atoms with Crippen LogP contribution in [0.25, 0.3) is 12.2 Å². The van der Waals surface area contributed by atoms with E-state index >= 15 is 0 Å². The van der Waals surface area contributed by atoms with Crippen molar-refractivity contribution in [2.45, 2.75) is 38.9 Å². The van der Waals surface area contributed by atoms with Gasteiger partial charge in [-0.05, 0) is 39.3 Å². The van der Waals surface area contributed by atoms with Crippen molar-refractivity contribution < 1.29 is 14.6 Å². The third kappa shape index (κ3) is 2.76. The van der Waals surface area contributed by atoms with Crippen LogP contribution in [0.2, 0.25) is 0 Å². The van der Waals surface area contributed by atoms with Crippen LogP contribution >= 0.6 is 0 Å². The molecule has 1 N–H and O–H groups in total. The monoisotopic (exact) mass is 247 g/mol. The first-order valence-electron chi connectivity index (χ1n) is 5.95. The van der Waals surface area contributed by atoms with Crippen LogP contribution in [0, 0.1) is 0 Å². The zero-order valence-corrected chi connectivity index (χ0v) is 10.8. The Labute approximate surface area is 106 Å². The van der Waals surface area contributed by atoms with Crippen LogP contribution in [0.4, 0.5) is 0 Å². The summed E-state index contributed by atoms with van der Waals surface area (Å²) in [7, 11) is 0. The van der Waals surface area contributed by atoms with Gasteiger partial charge in [-0.15, -0.1) is 0 Å². The van der Waals surface area contributed by atoms with E-state index in [1.54, 1.807) is 18.3 Å². The molecule has 0 aliphatic heterocycles. The molecule has 1 aliphatic carbocycles. The summed E-state index contributed by atoms with van der Waals surface area (Å²) in [5, 5.41) is 11.0. The average molecular weight is 247 g/mol. The van der Waals surface area contributed by atoms with Crippen LogP contribution in [0.5, 0.6) is 0 Å². The molecule has 1 aromatic rings. The molecule has 1 heterocycles. The van der Waals surface area contributed by atoms with Gasteiger partial charge in [0.05, 0.1) is 17.0 Å². The normalized spacial score (nSPS) is 18.3. The zero-order valence-electron chi connectivity index (χ0n) is 10.8. The third-order valence-electron chi connectivity index (χ3n) is 2.55. The molecule has 18 heavy (non-hydrogen) atoms. The number of pyridine rings is 1.